The predicted molar refractivity (Wildman–Crippen MR) is 42.9 cm³/mol. The van der Waals surface area contributed by atoms with E-state index in [1.165, 1.54) is 11.8 Å². The van der Waals surface area contributed by atoms with E-state index < -0.39 is 0 Å². The van der Waals surface area contributed by atoms with Gasteiger partial charge in [0.2, 0.25) is 0 Å². The largest absolute Gasteiger partial charge is 0.325 e. The van der Waals surface area contributed by atoms with Crippen LogP contribution in [0.2, 0.25) is 0 Å². The van der Waals surface area contributed by atoms with Gasteiger partial charge < -0.3 is 6.92 Å². The van der Waals surface area contributed by atoms with Crippen molar-refractivity contribution in [3.05, 3.63) is 17.4 Å². The molecule has 0 fully saturated rings. The van der Waals surface area contributed by atoms with Gasteiger partial charge in [0.05, 0.1) is 1.28 Å². The number of thioether (sulfide) groups is 1. The third-order valence-corrected chi connectivity index (χ3v) is 1.09. The summed E-state index contributed by atoms with van der Waals surface area (Å²) in [5, 5.41) is 3.10. The van der Waals surface area contributed by atoms with Crippen LogP contribution in [-0.4, -0.2) is 12.9 Å². The van der Waals surface area contributed by atoms with E-state index in [4.69, 9.17) is 6.81 Å². The third kappa shape index (κ3) is 12.6. The fraction of sp³-hybridized carbons (Fsp3) is 0.667. The molecule has 0 saturated carbocycles. The van der Waals surface area contributed by atoms with Gasteiger partial charge in [-0.2, -0.15) is 21.6 Å². The fourth-order valence-electron chi connectivity index (χ4n) is 0.105. The predicted octanol–water partition coefficient (Wildman–Crippen LogP) is 1.88. The average molecular weight is 296 g/mol. The van der Waals surface area contributed by atoms with Crippen molar-refractivity contribution in [2.24, 2.45) is 5.11 Å². The zero-order valence-electron chi connectivity index (χ0n) is 6.11. The zero-order valence-corrected chi connectivity index (χ0v) is 10.3. The van der Waals surface area contributed by atoms with E-state index in [9.17, 15) is 0 Å². The second-order valence-corrected chi connectivity index (χ2v) is 1.91. The van der Waals surface area contributed by atoms with Crippen LogP contribution in [0.1, 0.15) is 0 Å². The molecule has 0 aromatic rings. The van der Waals surface area contributed by atoms with Crippen LogP contribution in [0.25, 0.3) is 10.4 Å². The van der Waals surface area contributed by atoms with Crippen molar-refractivity contribution >= 4 is 21.6 Å². The van der Waals surface area contributed by atoms with Crippen molar-refractivity contribution in [1.29, 1.82) is 1.28 Å². The maximum Gasteiger partial charge on any atom is 0.0511 e. The summed E-state index contributed by atoms with van der Waals surface area (Å²) in [5.41, 5.74) is 7.77. The molecular weight excluding hydrogens is 285 g/mol. The molecule has 0 radical (unpaired) electrons. The van der Waals surface area contributed by atoms with Crippen molar-refractivity contribution in [1.82, 2.24) is 0 Å². The van der Waals surface area contributed by atoms with Crippen LogP contribution in [0.4, 0.5) is 0 Å². The van der Waals surface area contributed by atoms with Gasteiger partial charge in [-0.05, 0) is 22.1 Å². The molecule has 0 aromatic carbocycles. The minimum absolute atomic E-state index is 0. The molecule has 0 aromatic heterocycles. The fourth-order valence-corrected chi connectivity index (χ4v) is 0.241. The van der Waals surface area contributed by atoms with E-state index >= 15 is 0 Å². The van der Waals surface area contributed by atoms with Crippen LogP contribution >= 0.6 is 21.6 Å². The van der Waals surface area contributed by atoms with Gasteiger partial charge in [0, 0.05) is 40.8 Å². The maximum atomic E-state index is 7.77. The van der Waals surface area contributed by atoms with Crippen molar-refractivity contribution in [3.8, 4) is 0 Å². The second-order valence-electron chi connectivity index (χ2n) is 0.895. The van der Waals surface area contributed by atoms with Gasteiger partial charge in [0.25, 0.3) is 0 Å². The average Bonchev–Trinajstić information content (AvgIpc) is 1.93. The van der Waals surface area contributed by atoms with Gasteiger partial charge in [-0.25, -0.2) is 0 Å². The van der Waals surface area contributed by atoms with Crippen LogP contribution < -0.4 is 0 Å². The SMILES string of the molecule is [3H]P.[CH2-]C(N=[N+]=[N-])SC.[Nd]. The number of nitrogens with zero attached hydrogens (tertiary/aromatic N) is 3. The van der Waals surface area contributed by atoms with Gasteiger partial charge in [-0.3, -0.25) is 0 Å². The molecule has 0 heterocycles. The Morgan fingerprint density at radius 2 is 2.44 bits per heavy atom. The summed E-state index contributed by atoms with van der Waals surface area (Å²) < 4.78 is 5.67. The van der Waals surface area contributed by atoms with Crippen molar-refractivity contribution in [3.63, 3.8) is 0 Å². The summed E-state index contributed by atoms with van der Waals surface area (Å²) in [5.74, 6) is 0. The van der Waals surface area contributed by atoms with Gasteiger partial charge >= 0.3 is 0 Å². The zero-order chi connectivity index (χ0) is 7.70. The van der Waals surface area contributed by atoms with Crippen LogP contribution in [0.5, 0.6) is 0 Å². The number of rotatable bonds is 2. The minimum Gasteiger partial charge on any atom is -0.325 e. The summed E-state index contributed by atoms with van der Waals surface area (Å²) >= 11 is 1.42. The van der Waals surface area contributed by atoms with E-state index in [0.29, 0.717) is 0 Å². The summed E-state index contributed by atoms with van der Waals surface area (Å²) in [6, 6.07) is 0. The Labute approximate surface area is 96.8 Å². The van der Waals surface area contributed by atoms with Crippen molar-refractivity contribution in [2.45, 2.75) is 5.37 Å². The van der Waals surface area contributed by atoms with Crippen molar-refractivity contribution < 1.29 is 40.8 Å². The number of hydrogen-bond donors (Lipinski definition) is 0. The quantitative estimate of drug-likeness (QED) is 0.252. The van der Waals surface area contributed by atoms with Crippen molar-refractivity contribution in [2.75, 3.05) is 6.26 Å². The van der Waals surface area contributed by atoms with E-state index in [2.05, 4.69) is 16.9 Å². The normalized spacial score (nSPS) is 10.3. The van der Waals surface area contributed by atoms with Gasteiger partial charge in [0.1, 0.15) is 0 Å². The van der Waals surface area contributed by atoms with Crippen LogP contribution in [0.3, 0.4) is 0 Å². The standard InChI is InChI=1S/C3H6N3S.Nd.H3P/c1-3(7-2)5-6-4;;/h3H,1H2,2H3;;1H3/q-1;;/i;;1T. The summed E-state index contributed by atoms with van der Waals surface area (Å²) in [6.07, 6.45) is 1.84. The molecule has 6 heteroatoms. The molecule has 52 valence electrons. The molecule has 0 aliphatic carbocycles. The first-order valence-electron chi connectivity index (χ1n) is 2.29. The molecule has 0 rings (SSSR count). The van der Waals surface area contributed by atoms with E-state index in [1.54, 1.807) is 9.84 Å². The Morgan fingerprint density at radius 1 is 2.00 bits per heavy atom. The molecule has 0 N–H and O–H groups in total. The van der Waals surface area contributed by atoms with Crippen LogP contribution in [0.15, 0.2) is 5.11 Å². The molecule has 3 nitrogen and oxygen atoms in total. The molecule has 0 saturated heterocycles. The van der Waals surface area contributed by atoms with Gasteiger partial charge in [-0.1, -0.05) is 0 Å². The molecule has 0 aliphatic rings. The Morgan fingerprint density at radius 3 is 2.56 bits per heavy atom. The molecule has 2 atom stereocenters. The molecular formula is C3H9N3NdPS-. The summed E-state index contributed by atoms with van der Waals surface area (Å²) in [7, 11) is 1.67. The molecule has 0 amide bonds. The van der Waals surface area contributed by atoms with Crippen LogP contribution in [0, 0.1) is 47.8 Å². The van der Waals surface area contributed by atoms with E-state index in [-0.39, 0.29) is 46.2 Å². The first kappa shape index (κ1) is 13.1. The molecule has 9 heavy (non-hydrogen) atoms. The smallest absolute Gasteiger partial charge is 0.0511 e. The molecule has 2 unspecified atom stereocenters. The molecule has 0 spiro atoms. The number of azide groups is 1. The number of hydrogen-bond acceptors (Lipinski definition) is 2. The van der Waals surface area contributed by atoms with Gasteiger partial charge in [-0.15, -0.1) is 5.11 Å². The van der Waals surface area contributed by atoms with Crippen LogP contribution in [-0.2, 0) is 0 Å². The Hall–Kier alpha value is 1.44. The Bertz CT molecular complexity index is 99.7. The Balaban J connectivity index is -0.000000149. The first-order valence-corrected chi connectivity index (χ1v) is 3.00. The second kappa shape index (κ2) is 12.1. The first-order chi connectivity index (χ1) is 4.31. The van der Waals surface area contributed by atoms with E-state index in [0.717, 1.165) is 0 Å². The summed E-state index contributed by atoms with van der Waals surface area (Å²) in [6.45, 7) is 3.49. The van der Waals surface area contributed by atoms with Gasteiger partial charge in [0.15, 0.2) is 0 Å². The molecule has 0 bridgehead atoms. The summed E-state index contributed by atoms with van der Waals surface area (Å²) in [4.78, 5) is 2.55. The topological polar surface area (TPSA) is 48.8 Å². The third-order valence-electron chi connectivity index (χ3n) is 0.453. The minimum atomic E-state index is -0.176. The Kier molecular flexibility index (Phi) is 17.6. The monoisotopic (exact) mass is 294 g/mol. The molecule has 0 aliphatic heterocycles. The maximum absolute atomic E-state index is 7.77. The van der Waals surface area contributed by atoms with E-state index in [1.807, 2.05) is 6.26 Å².